The largest absolute Gasteiger partial charge is 0.433 e. The monoisotopic (exact) mass is 385 g/mol. The minimum absolute atomic E-state index is 0.172. The summed E-state index contributed by atoms with van der Waals surface area (Å²) in [5, 5.41) is 3.17. The van der Waals surface area contributed by atoms with Crippen molar-refractivity contribution in [2.24, 2.45) is 10.9 Å². The van der Waals surface area contributed by atoms with Crippen molar-refractivity contribution in [3.63, 3.8) is 0 Å². The smallest absolute Gasteiger partial charge is 0.369 e. The summed E-state index contributed by atoms with van der Waals surface area (Å²) in [7, 11) is 0. The lowest BCUT2D eigenvalue weighted by Crippen LogP contribution is -2.44. The molecule has 28 heavy (non-hydrogen) atoms. The number of halogens is 3. The summed E-state index contributed by atoms with van der Waals surface area (Å²) in [6.07, 6.45) is -1.35. The molecule has 0 saturated heterocycles. The Kier molecular flexibility index (Phi) is 3.66. The molecule has 1 aromatic heterocycles. The van der Waals surface area contributed by atoms with Crippen LogP contribution >= 0.6 is 0 Å². The number of aromatic nitrogens is 1. The summed E-state index contributed by atoms with van der Waals surface area (Å²) in [6.45, 7) is 0.663. The predicted molar refractivity (Wildman–Crippen MR) is 97.1 cm³/mol. The van der Waals surface area contributed by atoms with Crippen LogP contribution in [0.4, 0.5) is 13.2 Å². The van der Waals surface area contributed by atoms with Gasteiger partial charge in [0.25, 0.3) is 5.91 Å². The van der Waals surface area contributed by atoms with Crippen molar-refractivity contribution in [3.05, 3.63) is 64.5 Å². The van der Waals surface area contributed by atoms with E-state index in [1.165, 1.54) is 6.07 Å². The number of carbonyl (C=O) groups is 1. The number of hydrogen-bond donors (Lipinski definition) is 1. The summed E-state index contributed by atoms with van der Waals surface area (Å²) in [5.41, 5.74) is 0.128. The van der Waals surface area contributed by atoms with Gasteiger partial charge in [-0.25, -0.2) is 4.98 Å². The summed E-state index contributed by atoms with van der Waals surface area (Å²) >= 11 is 0. The molecule has 2 heterocycles. The molecule has 1 atom stereocenters. The number of rotatable bonds is 2. The van der Waals surface area contributed by atoms with E-state index in [2.05, 4.69) is 15.3 Å². The number of carbonyl (C=O) groups excluding carboxylic acids is 1. The second kappa shape index (κ2) is 5.90. The van der Waals surface area contributed by atoms with Crippen molar-refractivity contribution in [3.8, 4) is 0 Å². The Morgan fingerprint density at radius 2 is 1.93 bits per heavy atom. The molecule has 1 aromatic carbocycles. The topological polar surface area (TPSA) is 54.4 Å². The predicted octanol–water partition coefficient (Wildman–Crippen LogP) is 3.62. The quantitative estimate of drug-likeness (QED) is 0.859. The molecule has 1 spiro atoms. The van der Waals surface area contributed by atoms with Crippen LogP contribution in [0.5, 0.6) is 0 Å². The molecule has 3 aliphatic rings. The number of aryl methyl sites for hydroxylation is 1. The van der Waals surface area contributed by atoms with Crippen LogP contribution in [0.15, 0.2) is 41.4 Å². The van der Waals surface area contributed by atoms with Crippen LogP contribution in [0.3, 0.4) is 0 Å². The molecule has 1 saturated carbocycles. The summed E-state index contributed by atoms with van der Waals surface area (Å²) in [4.78, 5) is 21.5. The van der Waals surface area contributed by atoms with Gasteiger partial charge in [-0.05, 0) is 54.9 Å². The second-order valence-corrected chi connectivity index (χ2v) is 7.74. The van der Waals surface area contributed by atoms with E-state index in [4.69, 9.17) is 0 Å². The number of nitrogens with zero attached hydrogens (tertiary/aromatic N) is 2. The van der Waals surface area contributed by atoms with E-state index < -0.39 is 23.2 Å². The van der Waals surface area contributed by atoms with Gasteiger partial charge in [0.15, 0.2) is 0 Å². The average molecular weight is 385 g/mol. The number of nitrogens with one attached hydrogen (secondary N) is 1. The van der Waals surface area contributed by atoms with Gasteiger partial charge in [-0.3, -0.25) is 4.79 Å². The minimum atomic E-state index is -4.58. The number of hydrogen-bond acceptors (Lipinski definition) is 3. The zero-order chi connectivity index (χ0) is 19.5. The minimum Gasteiger partial charge on any atom is -0.369 e. The maximum absolute atomic E-state index is 13.4. The first-order valence-corrected chi connectivity index (χ1v) is 9.44. The Morgan fingerprint density at radius 1 is 1.14 bits per heavy atom. The molecule has 0 bridgehead atoms. The number of fused-ring (bicyclic) bond motifs is 4. The van der Waals surface area contributed by atoms with E-state index in [-0.39, 0.29) is 5.69 Å². The molecule has 1 N–H and O–H groups in total. The Bertz CT molecular complexity index is 1010. The Hall–Kier alpha value is -2.70. The standard InChI is InChI=1S/C21H18F3N3O/c22-21(23,24)16-8-7-14-17(26-16)20(10-9-13-3-1-2-4-15(13)20)19(28)27-18(14)25-11-12-5-6-12/h1-4,7-8,12H,5-6,9-11H2,(H,25,27,28)/t20-/m0/s1. The van der Waals surface area contributed by atoms with Crippen molar-refractivity contribution in [2.45, 2.75) is 37.3 Å². The molecule has 7 heteroatoms. The van der Waals surface area contributed by atoms with Gasteiger partial charge in [-0.2, -0.15) is 18.2 Å². The van der Waals surface area contributed by atoms with Crippen LogP contribution in [0.2, 0.25) is 0 Å². The highest BCUT2D eigenvalue weighted by Gasteiger charge is 2.52. The average Bonchev–Trinajstić information content (AvgIpc) is 3.42. The zero-order valence-corrected chi connectivity index (χ0v) is 15.0. The first-order valence-electron chi connectivity index (χ1n) is 9.44. The van der Waals surface area contributed by atoms with Gasteiger partial charge in [0.1, 0.15) is 16.9 Å². The van der Waals surface area contributed by atoms with Gasteiger partial charge in [-0.1, -0.05) is 24.3 Å². The number of pyridine rings is 1. The number of amidine groups is 1. The third-order valence-electron chi connectivity index (χ3n) is 5.93. The van der Waals surface area contributed by atoms with E-state index in [9.17, 15) is 18.0 Å². The lowest BCUT2D eigenvalue weighted by Gasteiger charge is -2.33. The highest BCUT2D eigenvalue weighted by Crippen LogP contribution is 2.48. The lowest BCUT2D eigenvalue weighted by atomic mass is 9.74. The fourth-order valence-corrected chi connectivity index (χ4v) is 4.27. The van der Waals surface area contributed by atoms with Crippen molar-refractivity contribution in [2.75, 3.05) is 6.54 Å². The maximum Gasteiger partial charge on any atom is 0.433 e. The van der Waals surface area contributed by atoms with Crippen molar-refractivity contribution >= 4 is 11.7 Å². The highest BCUT2D eigenvalue weighted by atomic mass is 19.4. The Morgan fingerprint density at radius 3 is 2.68 bits per heavy atom. The molecular weight excluding hydrogens is 367 g/mol. The molecule has 1 fully saturated rings. The summed E-state index contributed by atoms with van der Waals surface area (Å²) in [6, 6.07) is 9.77. The molecule has 5 rings (SSSR count). The van der Waals surface area contributed by atoms with Crippen molar-refractivity contribution in [1.29, 1.82) is 0 Å². The fourth-order valence-electron chi connectivity index (χ4n) is 4.27. The molecule has 0 unspecified atom stereocenters. The van der Waals surface area contributed by atoms with Gasteiger partial charge in [0, 0.05) is 12.1 Å². The summed E-state index contributed by atoms with van der Waals surface area (Å²) in [5.74, 6) is 0.435. The van der Waals surface area contributed by atoms with Crippen LogP contribution < -0.4 is 5.32 Å². The summed E-state index contributed by atoms with van der Waals surface area (Å²) < 4.78 is 40.2. The molecule has 1 aliphatic heterocycles. The number of amides is 1. The fraction of sp³-hybridized carbons (Fsp3) is 0.381. The lowest BCUT2D eigenvalue weighted by molar-refractivity contribution is -0.141. The number of benzene rings is 1. The van der Waals surface area contributed by atoms with E-state index in [1.54, 1.807) is 6.07 Å². The van der Waals surface area contributed by atoms with E-state index >= 15 is 0 Å². The second-order valence-electron chi connectivity index (χ2n) is 7.74. The molecule has 0 radical (unpaired) electrons. The van der Waals surface area contributed by atoms with E-state index in [0.29, 0.717) is 36.7 Å². The molecular formula is C21H18F3N3O. The zero-order valence-electron chi connectivity index (χ0n) is 15.0. The molecule has 2 aromatic rings. The van der Waals surface area contributed by atoms with Crippen molar-refractivity contribution in [1.82, 2.24) is 10.3 Å². The first kappa shape index (κ1) is 17.4. The van der Waals surface area contributed by atoms with Gasteiger partial charge in [0.05, 0.1) is 5.69 Å². The van der Waals surface area contributed by atoms with Crippen LogP contribution in [0, 0.1) is 5.92 Å². The van der Waals surface area contributed by atoms with Crippen molar-refractivity contribution < 1.29 is 18.0 Å². The Balaban J connectivity index is 1.70. The van der Waals surface area contributed by atoms with E-state index in [1.807, 2.05) is 18.2 Å². The molecule has 1 amide bonds. The Labute approximate surface area is 159 Å². The first-order chi connectivity index (χ1) is 13.4. The maximum atomic E-state index is 13.4. The SMILES string of the molecule is O=C1N=C(NCC2CC2)c2ccc(C(F)(F)F)nc2[C@@]12CCc1ccccc12. The third-order valence-corrected chi connectivity index (χ3v) is 5.93. The molecule has 4 nitrogen and oxygen atoms in total. The van der Waals surface area contributed by atoms with Crippen LogP contribution in [0.1, 0.15) is 47.3 Å². The van der Waals surface area contributed by atoms with Crippen LogP contribution in [-0.4, -0.2) is 23.3 Å². The van der Waals surface area contributed by atoms with Crippen LogP contribution in [0.25, 0.3) is 0 Å². The van der Waals surface area contributed by atoms with Gasteiger partial charge in [0.2, 0.25) is 0 Å². The van der Waals surface area contributed by atoms with Gasteiger partial charge < -0.3 is 5.32 Å². The highest BCUT2D eigenvalue weighted by molar-refractivity contribution is 6.13. The van der Waals surface area contributed by atoms with Crippen LogP contribution in [-0.2, 0) is 22.8 Å². The van der Waals surface area contributed by atoms with E-state index in [0.717, 1.165) is 30.0 Å². The molecule has 2 aliphatic carbocycles. The normalized spacial score (nSPS) is 23.4. The number of aliphatic imine (C=N–C) groups is 1. The van der Waals surface area contributed by atoms with Gasteiger partial charge >= 0.3 is 6.18 Å². The molecule has 144 valence electrons. The van der Waals surface area contributed by atoms with Gasteiger partial charge in [-0.15, -0.1) is 0 Å². The third kappa shape index (κ3) is 2.56. The number of alkyl halides is 3.